The molecule has 0 spiro atoms. The molecule has 1 aliphatic rings. The molecule has 25 heavy (non-hydrogen) atoms. The van der Waals surface area contributed by atoms with Crippen molar-refractivity contribution in [3.8, 4) is 0 Å². The lowest BCUT2D eigenvalue weighted by molar-refractivity contribution is 0.0591. The van der Waals surface area contributed by atoms with Crippen molar-refractivity contribution in [1.82, 2.24) is 9.78 Å². The normalized spacial score (nSPS) is 20.5. The average molecular weight is 343 g/mol. The molecule has 1 aromatic heterocycles. The van der Waals surface area contributed by atoms with Crippen LogP contribution in [0.15, 0.2) is 36.4 Å². The standard InChI is InChI=1S/C19H25N3O3/c1-13-10-16(24-12-13)15-11-17(22(20-15)19(2,3)4)21-25-18(23)14-8-6-5-7-9-14/h5-9,11,13,16,21H,10,12H2,1-4H3/t13-,16+/m1/s1. The van der Waals surface area contributed by atoms with Crippen LogP contribution in [0.3, 0.4) is 0 Å². The molecule has 0 aliphatic carbocycles. The van der Waals surface area contributed by atoms with Crippen LogP contribution >= 0.6 is 0 Å². The zero-order chi connectivity index (χ0) is 18.0. The number of nitrogens with zero attached hydrogens (tertiary/aromatic N) is 2. The van der Waals surface area contributed by atoms with E-state index in [0.717, 1.165) is 18.7 Å². The molecule has 1 saturated heterocycles. The van der Waals surface area contributed by atoms with E-state index >= 15 is 0 Å². The average Bonchev–Trinajstić information content (AvgIpc) is 3.19. The Morgan fingerprint density at radius 2 is 2.04 bits per heavy atom. The van der Waals surface area contributed by atoms with Gasteiger partial charge in [0, 0.05) is 6.07 Å². The van der Waals surface area contributed by atoms with Crippen molar-refractivity contribution < 1.29 is 14.4 Å². The Labute approximate surface area is 148 Å². The van der Waals surface area contributed by atoms with Gasteiger partial charge in [-0.1, -0.05) is 25.1 Å². The maximum atomic E-state index is 12.1. The summed E-state index contributed by atoms with van der Waals surface area (Å²) < 4.78 is 7.64. The zero-order valence-corrected chi connectivity index (χ0v) is 15.2. The van der Waals surface area contributed by atoms with Gasteiger partial charge in [-0.15, -0.1) is 0 Å². The van der Waals surface area contributed by atoms with Gasteiger partial charge in [0.15, 0.2) is 5.82 Å². The van der Waals surface area contributed by atoms with Gasteiger partial charge in [0.05, 0.1) is 23.4 Å². The number of benzene rings is 1. The lowest BCUT2D eigenvalue weighted by Crippen LogP contribution is -2.26. The summed E-state index contributed by atoms with van der Waals surface area (Å²) in [4.78, 5) is 17.4. The van der Waals surface area contributed by atoms with Crippen molar-refractivity contribution in [1.29, 1.82) is 0 Å². The quantitative estimate of drug-likeness (QED) is 0.853. The van der Waals surface area contributed by atoms with Gasteiger partial charge in [-0.25, -0.2) is 15.0 Å². The molecule has 3 rings (SSSR count). The van der Waals surface area contributed by atoms with Crippen molar-refractivity contribution in [3.05, 3.63) is 47.7 Å². The van der Waals surface area contributed by atoms with Gasteiger partial charge in [0.25, 0.3) is 0 Å². The van der Waals surface area contributed by atoms with Crippen molar-refractivity contribution in [2.45, 2.75) is 45.8 Å². The summed E-state index contributed by atoms with van der Waals surface area (Å²) >= 11 is 0. The Hall–Kier alpha value is -2.34. The summed E-state index contributed by atoms with van der Waals surface area (Å²) in [5, 5.41) is 4.69. The first kappa shape index (κ1) is 17.5. The molecule has 0 amide bonds. The third-order valence-corrected chi connectivity index (χ3v) is 4.15. The van der Waals surface area contributed by atoms with Crippen molar-refractivity contribution in [2.75, 3.05) is 12.1 Å². The molecule has 1 aliphatic heterocycles. The Balaban J connectivity index is 1.77. The summed E-state index contributed by atoms with van der Waals surface area (Å²) in [7, 11) is 0. The third kappa shape index (κ3) is 4.02. The summed E-state index contributed by atoms with van der Waals surface area (Å²) in [6.07, 6.45) is 0.939. The molecular weight excluding hydrogens is 318 g/mol. The van der Waals surface area contributed by atoms with E-state index in [1.54, 1.807) is 24.3 Å². The predicted molar refractivity (Wildman–Crippen MR) is 95.2 cm³/mol. The van der Waals surface area contributed by atoms with E-state index in [9.17, 15) is 4.79 Å². The first-order valence-corrected chi connectivity index (χ1v) is 8.59. The first-order chi connectivity index (χ1) is 11.8. The molecule has 6 nitrogen and oxygen atoms in total. The fraction of sp³-hybridized carbons (Fsp3) is 0.474. The highest BCUT2D eigenvalue weighted by Crippen LogP contribution is 2.34. The lowest BCUT2D eigenvalue weighted by Gasteiger charge is -2.22. The molecule has 1 N–H and O–H groups in total. The molecule has 134 valence electrons. The third-order valence-electron chi connectivity index (χ3n) is 4.15. The topological polar surface area (TPSA) is 65.4 Å². The number of carbonyl (C=O) groups excluding carboxylic acids is 1. The molecule has 6 heteroatoms. The van der Waals surface area contributed by atoms with Crippen LogP contribution in [0.2, 0.25) is 0 Å². The van der Waals surface area contributed by atoms with Crippen LogP contribution in [-0.2, 0) is 15.1 Å². The smallest absolute Gasteiger partial charge is 0.362 e. The highest BCUT2D eigenvalue weighted by Gasteiger charge is 2.29. The Bertz CT molecular complexity index is 734. The predicted octanol–water partition coefficient (Wildman–Crippen LogP) is 3.92. The van der Waals surface area contributed by atoms with E-state index in [2.05, 4.69) is 17.5 Å². The van der Waals surface area contributed by atoms with E-state index in [4.69, 9.17) is 9.57 Å². The number of carbonyl (C=O) groups is 1. The maximum absolute atomic E-state index is 12.1. The molecule has 0 saturated carbocycles. The molecule has 2 atom stereocenters. The number of aromatic nitrogens is 2. The molecular formula is C19H25N3O3. The minimum absolute atomic E-state index is 0.0102. The zero-order valence-electron chi connectivity index (χ0n) is 15.2. The molecule has 1 fully saturated rings. The fourth-order valence-corrected chi connectivity index (χ4v) is 2.86. The van der Waals surface area contributed by atoms with Crippen LogP contribution in [-0.4, -0.2) is 22.4 Å². The monoisotopic (exact) mass is 343 g/mol. The van der Waals surface area contributed by atoms with Gasteiger partial charge in [-0.3, -0.25) is 0 Å². The van der Waals surface area contributed by atoms with Gasteiger partial charge in [0.1, 0.15) is 6.10 Å². The number of anilines is 1. The largest absolute Gasteiger partial charge is 0.372 e. The second-order valence-corrected chi connectivity index (χ2v) is 7.56. The van der Waals surface area contributed by atoms with E-state index < -0.39 is 5.97 Å². The van der Waals surface area contributed by atoms with Gasteiger partial charge >= 0.3 is 5.97 Å². The van der Waals surface area contributed by atoms with Crippen LogP contribution in [0.25, 0.3) is 0 Å². The lowest BCUT2D eigenvalue weighted by atomic mass is 10.1. The van der Waals surface area contributed by atoms with Gasteiger partial charge in [-0.05, 0) is 45.2 Å². The Morgan fingerprint density at radius 3 is 2.64 bits per heavy atom. The summed E-state index contributed by atoms with van der Waals surface area (Å²) in [6.45, 7) is 9.06. The van der Waals surface area contributed by atoms with Crippen molar-refractivity contribution >= 4 is 11.8 Å². The molecule has 0 bridgehead atoms. The molecule has 0 unspecified atom stereocenters. The highest BCUT2D eigenvalue weighted by atomic mass is 16.7. The number of hydrogen-bond donors (Lipinski definition) is 1. The molecule has 2 aromatic rings. The van der Waals surface area contributed by atoms with Crippen molar-refractivity contribution in [2.24, 2.45) is 5.92 Å². The van der Waals surface area contributed by atoms with E-state index in [-0.39, 0.29) is 11.6 Å². The SMILES string of the molecule is C[C@H]1CO[C@H](c2cc(NOC(=O)c3ccccc3)n(C(C)(C)C)n2)C1. The number of rotatable bonds is 4. The molecule has 1 aromatic carbocycles. The summed E-state index contributed by atoms with van der Waals surface area (Å²) in [5.41, 5.74) is 3.86. The van der Waals surface area contributed by atoms with Crippen LogP contribution in [0.5, 0.6) is 0 Å². The Kier molecular flexibility index (Phi) is 4.81. The molecule has 0 radical (unpaired) electrons. The van der Waals surface area contributed by atoms with Gasteiger partial charge < -0.3 is 9.57 Å². The van der Waals surface area contributed by atoms with Gasteiger partial charge in [0.2, 0.25) is 0 Å². The number of hydrogen-bond acceptors (Lipinski definition) is 5. The Morgan fingerprint density at radius 1 is 1.32 bits per heavy atom. The first-order valence-electron chi connectivity index (χ1n) is 8.59. The van der Waals surface area contributed by atoms with Crippen LogP contribution < -0.4 is 5.48 Å². The summed E-state index contributed by atoms with van der Waals surface area (Å²) in [6, 6.07) is 10.8. The maximum Gasteiger partial charge on any atom is 0.362 e. The highest BCUT2D eigenvalue weighted by molar-refractivity contribution is 5.89. The molecule has 2 heterocycles. The minimum atomic E-state index is -0.436. The van der Waals surface area contributed by atoms with E-state index in [1.807, 2.05) is 37.6 Å². The number of ether oxygens (including phenoxy) is 1. The van der Waals surface area contributed by atoms with Crippen LogP contribution in [0.4, 0.5) is 5.82 Å². The van der Waals surface area contributed by atoms with Crippen molar-refractivity contribution in [3.63, 3.8) is 0 Å². The second kappa shape index (κ2) is 6.88. The van der Waals surface area contributed by atoms with Crippen LogP contribution in [0, 0.1) is 5.92 Å². The second-order valence-electron chi connectivity index (χ2n) is 7.56. The fourth-order valence-electron chi connectivity index (χ4n) is 2.86. The minimum Gasteiger partial charge on any atom is -0.372 e. The van der Waals surface area contributed by atoms with E-state index in [0.29, 0.717) is 17.3 Å². The van der Waals surface area contributed by atoms with Crippen LogP contribution in [0.1, 0.15) is 56.3 Å². The van der Waals surface area contributed by atoms with E-state index in [1.165, 1.54) is 0 Å². The van der Waals surface area contributed by atoms with Gasteiger partial charge in [-0.2, -0.15) is 5.10 Å². The number of nitrogens with one attached hydrogen (secondary N) is 1. The summed E-state index contributed by atoms with van der Waals surface area (Å²) in [5.74, 6) is 0.724.